The molecule has 0 aliphatic carbocycles. The van der Waals surface area contributed by atoms with Crippen molar-refractivity contribution in [3.05, 3.63) is 24.3 Å². The summed E-state index contributed by atoms with van der Waals surface area (Å²) in [5, 5.41) is 39.7. The third kappa shape index (κ3) is 25.7. The van der Waals surface area contributed by atoms with Gasteiger partial charge in [0.15, 0.2) is 18.5 Å². The summed E-state index contributed by atoms with van der Waals surface area (Å²) in [5.41, 5.74) is 0. The van der Waals surface area contributed by atoms with Crippen LogP contribution in [0.1, 0.15) is 181 Å². The van der Waals surface area contributed by atoms with Gasteiger partial charge in [-0.1, -0.05) is 147 Å². The Morgan fingerprint density at radius 3 is 1.56 bits per heavy atom. The van der Waals surface area contributed by atoms with Gasteiger partial charge < -0.3 is 39.4 Å². The van der Waals surface area contributed by atoms with E-state index >= 15 is 0 Å². The van der Waals surface area contributed by atoms with Gasteiger partial charge in [0.05, 0.1) is 6.61 Å². The number of aliphatic carboxylic acids is 1. The lowest BCUT2D eigenvalue weighted by Gasteiger charge is -2.38. The normalized spacial score (nSPS) is 20.8. The van der Waals surface area contributed by atoms with Crippen molar-refractivity contribution in [3.8, 4) is 0 Å². The van der Waals surface area contributed by atoms with E-state index in [1.165, 1.54) is 89.9 Å². The second-order valence-electron chi connectivity index (χ2n) is 14.8. The Bertz CT molecular complexity index is 1000. The number of carboxylic acid groups (broad SMARTS) is 1. The molecule has 0 saturated carbocycles. The number of aliphatic hydroxyl groups excluding tert-OH is 3. The Morgan fingerprint density at radius 2 is 1.04 bits per heavy atom. The maximum atomic E-state index is 12.7. The van der Waals surface area contributed by atoms with Crippen LogP contribution in [0.3, 0.4) is 0 Å². The minimum atomic E-state index is -1.86. The fourth-order valence-electron chi connectivity index (χ4n) is 6.38. The van der Waals surface area contributed by atoms with Crippen LogP contribution in [0.15, 0.2) is 24.3 Å². The number of esters is 2. The zero-order chi connectivity index (χ0) is 39.7. The Hall–Kier alpha value is -2.31. The SMILES string of the molecule is CCCCCC/C=C\C/C=C\CCCCCCCCCC(=O)OCC(COC1OC(C(=O)O)C(O)C(O)C1O)OC(=O)CCCCCCCCCCCC. The van der Waals surface area contributed by atoms with Crippen LogP contribution in [0.4, 0.5) is 0 Å². The standard InChI is InChI=1S/C43H76O11/c1-3-5-7-9-11-13-15-16-17-18-19-20-21-22-24-25-27-29-31-36(44)51-33-35(34-52-43-40(48)38(46)39(47)41(54-43)42(49)50)53-37(45)32-30-28-26-23-14-12-10-8-6-4-2/h13,15,17-18,35,38-41,43,46-48H,3-12,14,16,19-34H2,1-2H3,(H,49,50)/b15-13-,18-17-. The molecule has 54 heavy (non-hydrogen) atoms. The summed E-state index contributed by atoms with van der Waals surface area (Å²) in [6.07, 6.45) is 26.7. The van der Waals surface area contributed by atoms with Crippen molar-refractivity contribution in [2.45, 2.75) is 218 Å². The summed E-state index contributed by atoms with van der Waals surface area (Å²) in [6.45, 7) is 3.76. The molecule has 1 fully saturated rings. The van der Waals surface area contributed by atoms with Crippen molar-refractivity contribution in [1.82, 2.24) is 0 Å². The molecule has 11 heteroatoms. The first-order chi connectivity index (χ1) is 26.2. The highest BCUT2D eigenvalue weighted by atomic mass is 16.7. The minimum Gasteiger partial charge on any atom is -0.479 e. The predicted molar refractivity (Wildman–Crippen MR) is 211 cm³/mol. The van der Waals surface area contributed by atoms with Gasteiger partial charge in [0.2, 0.25) is 0 Å². The number of rotatable bonds is 35. The molecule has 0 amide bonds. The van der Waals surface area contributed by atoms with E-state index in [1.54, 1.807) is 0 Å². The number of hydrogen-bond acceptors (Lipinski definition) is 10. The number of aliphatic hydroxyl groups is 3. The van der Waals surface area contributed by atoms with Gasteiger partial charge >= 0.3 is 17.9 Å². The molecule has 0 spiro atoms. The van der Waals surface area contributed by atoms with Gasteiger partial charge in [-0.2, -0.15) is 0 Å². The van der Waals surface area contributed by atoms with E-state index in [-0.39, 0.29) is 26.1 Å². The first-order valence-electron chi connectivity index (χ1n) is 21.4. The lowest BCUT2D eigenvalue weighted by Crippen LogP contribution is -2.60. The monoisotopic (exact) mass is 769 g/mol. The number of carboxylic acids is 1. The topological polar surface area (TPSA) is 169 Å². The second kappa shape index (κ2) is 34.0. The number of carbonyl (C=O) groups excluding carboxylic acids is 2. The molecule has 1 aliphatic rings. The lowest BCUT2D eigenvalue weighted by molar-refractivity contribution is -0.298. The molecule has 6 unspecified atom stereocenters. The molecule has 0 aromatic carbocycles. The van der Waals surface area contributed by atoms with Crippen LogP contribution < -0.4 is 0 Å². The maximum absolute atomic E-state index is 12.7. The highest BCUT2D eigenvalue weighted by molar-refractivity contribution is 5.73. The van der Waals surface area contributed by atoms with Crippen molar-refractivity contribution in [1.29, 1.82) is 0 Å². The Balaban J connectivity index is 2.36. The van der Waals surface area contributed by atoms with Crippen molar-refractivity contribution in [2.24, 2.45) is 0 Å². The molecule has 6 atom stereocenters. The molecule has 0 aromatic heterocycles. The van der Waals surface area contributed by atoms with Gasteiger partial charge in [-0.3, -0.25) is 9.59 Å². The molecule has 1 saturated heterocycles. The first-order valence-corrected chi connectivity index (χ1v) is 21.4. The molecule has 1 heterocycles. The molecule has 1 rings (SSSR count). The summed E-state index contributed by atoms with van der Waals surface area (Å²) < 4.78 is 21.7. The summed E-state index contributed by atoms with van der Waals surface area (Å²) >= 11 is 0. The maximum Gasteiger partial charge on any atom is 0.335 e. The van der Waals surface area contributed by atoms with E-state index in [0.717, 1.165) is 51.4 Å². The van der Waals surface area contributed by atoms with Gasteiger partial charge in [0, 0.05) is 12.8 Å². The molecule has 0 bridgehead atoms. The first kappa shape index (κ1) is 49.7. The zero-order valence-electron chi connectivity index (χ0n) is 33.7. The van der Waals surface area contributed by atoms with Crippen LogP contribution in [0, 0.1) is 0 Å². The van der Waals surface area contributed by atoms with Crippen LogP contribution in [-0.4, -0.2) is 88.4 Å². The minimum absolute atomic E-state index is 0.184. The zero-order valence-corrected chi connectivity index (χ0v) is 33.7. The van der Waals surface area contributed by atoms with Gasteiger partial charge in [-0.25, -0.2) is 4.79 Å². The van der Waals surface area contributed by atoms with Crippen molar-refractivity contribution >= 4 is 17.9 Å². The van der Waals surface area contributed by atoms with Crippen LogP contribution in [0.5, 0.6) is 0 Å². The van der Waals surface area contributed by atoms with Crippen LogP contribution in [0.2, 0.25) is 0 Å². The number of unbranched alkanes of at least 4 members (excludes halogenated alkanes) is 20. The van der Waals surface area contributed by atoms with Gasteiger partial charge in [0.25, 0.3) is 0 Å². The van der Waals surface area contributed by atoms with Crippen LogP contribution in [0.25, 0.3) is 0 Å². The van der Waals surface area contributed by atoms with Crippen LogP contribution >= 0.6 is 0 Å². The molecular weight excluding hydrogens is 692 g/mol. The molecule has 11 nitrogen and oxygen atoms in total. The summed E-state index contributed by atoms with van der Waals surface area (Å²) in [5.74, 6) is -2.45. The smallest absolute Gasteiger partial charge is 0.335 e. The third-order valence-electron chi connectivity index (χ3n) is 9.80. The molecule has 0 aromatic rings. The molecular formula is C43H76O11. The van der Waals surface area contributed by atoms with E-state index in [0.29, 0.717) is 12.8 Å². The Morgan fingerprint density at radius 1 is 0.574 bits per heavy atom. The molecule has 0 radical (unpaired) electrons. The quantitative estimate of drug-likeness (QED) is 0.0277. The average molecular weight is 769 g/mol. The van der Waals surface area contributed by atoms with E-state index in [2.05, 4.69) is 38.2 Å². The van der Waals surface area contributed by atoms with Crippen LogP contribution in [-0.2, 0) is 33.3 Å². The van der Waals surface area contributed by atoms with E-state index in [9.17, 15) is 34.8 Å². The highest BCUT2D eigenvalue weighted by Crippen LogP contribution is 2.23. The predicted octanol–water partition coefficient (Wildman–Crippen LogP) is 8.65. The second-order valence-corrected chi connectivity index (χ2v) is 14.8. The van der Waals surface area contributed by atoms with Crippen molar-refractivity contribution in [2.75, 3.05) is 13.2 Å². The summed E-state index contributed by atoms with van der Waals surface area (Å²) in [6, 6.07) is 0. The summed E-state index contributed by atoms with van der Waals surface area (Å²) in [7, 11) is 0. The third-order valence-corrected chi connectivity index (χ3v) is 9.80. The fourth-order valence-corrected chi connectivity index (χ4v) is 6.38. The number of hydrogen-bond donors (Lipinski definition) is 4. The van der Waals surface area contributed by atoms with Crippen molar-refractivity contribution < 1.29 is 53.8 Å². The summed E-state index contributed by atoms with van der Waals surface area (Å²) in [4.78, 5) is 36.7. The Kier molecular flexibility index (Phi) is 31.3. The van der Waals surface area contributed by atoms with E-state index in [4.69, 9.17) is 18.9 Å². The molecule has 4 N–H and O–H groups in total. The van der Waals surface area contributed by atoms with E-state index < -0.39 is 54.7 Å². The number of allylic oxidation sites excluding steroid dienone is 4. The fraction of sp³-hybridized carbons (Fsp3) is 0.837. The number of carbonyl (C=O) groups is 3. The van der Waals surface area contributed by atoms with Gasteiger partial charge in [0.1, 0.15) is 24.9 Å². The lowest BCUT2D eigenvalue weighted by atomic mass is 9.99. The van der Waals surface area contributed by atoms with E-state index in [1.807, 2.05) is 0 Å². The van der Waals surface area contributed by atoms with Gasteiger partial charge in [-0.15, -0.1) is 0 Å². The largest absolute Gasteiger partial charge is 0.479 e. The highest BCUT2D eigenvalue weighted by Gasteiger charge is 2.47. The molecule has 1 aliphatic heterocycles. The number of ether oxygens (including phenoxy) is 4. The van der Waals surface area contributed by atoms with Gasteiger partial charge in [-0.05, 0) is 44.9 Å². The average Bonchev–Trinajstić information content (AvgIpc) is 3.15. The Labute approximate surface area is 326 Å². The van der Waals surface area contributed by atoms with Crippen molar-refractivity contribution in [3.63, 3.8) is 0 Å². The molecule has 314 valence electrons.